The maximum Gasteiger partial charge on any atom is 0.316 e. The number of thioether (sulfide) groups is 1. The summed E-state index contributed by atoms with van der Waals surface area (Å²) in [4.78, 5) is 32.6. The molecule has 28 heavy (non-hydrogen) atoms. The molecule has 0 saturated heterocycles. The normalized spacial score (nSPS) is 11.8. The van der Waals surface area contributed by atoms with Gasteiger partial charge < -0.3 is 9.26 Å². The highest BCUT2D eigenvalue weighted by Gasteiger charge is 2.19. The van der Waals surface area contributed by atoms with Crippen LogP contribution >= 0.6 is 23.1 Å². The smallest absolute Gasteiger partial charge is 0.316 e. The van der Waals surface area contributed by atoms with Crippen molar-refractivity contribution in [2.75, 3.05) is 11.1 Å². The van der Waals surface area contributed by atoms with Gasteiger partial charge in [0.1, 0.15) is 0 Å². The van der Waals surface area contributed by atoms with Crippen molar-refractivity contribution < 1.29 is 18.8 Å². The molecule has 0 aliphatic heterocycles. The van der Waals surface area contributed by atoms with E-state index in [1.54, 1.807) is 6.92 Å². The van der Waals surface area contributed by atoms with Gasteiger partial charge in [0.05, 0.1) is 17.2 Å². The van der Waals surface area contributed by atoms with Crippen LogP contribution < -0.4 is 5.32 Å². The molecule has 3 rings (SSSR count). The molecule has 1 amide bonds. The van der Waals surface area contributed by atoms with Gasteiger partial charge in [-0.25, -0.2) is 4.98 Å². The van der Waals surface area contributed by atoms with Gasteiger partial charge in [-0.15, -0.1) is 23.1 Å². The summed E-state index contributed by atoms with van der Waals surface area (Å²) in [6.45, 7) is 3.22. The summed E-state index contributed by atoms with van der Waals surface area (Å²) in [5, 5.41) is 8.73. The van der Waals surface area contributed by atoms with Crippen molar-refractivity contribution in [3.05, 3.63) is 47.4 Å². The third-order valence-electron chi connectivity index (χ3n) is 3.50. The van der Waals surface area contributed by atoms with E-state index in [0.29, 0.717) is 22.6 Å². The van der Waals surface area contributed by atoms with Crippen molar-refractivity contribution in [1.82, 2.24) is 15.1 Å². The van der Waals surface area contributed by atoms with Gasteiger partial charge in [-0.2, -0.15) is 4.98 Å². The fraction of sp³-hybridized carbons (Fsp3) is 0.278. The minimum Gasteiger partial charge on any atom is -0.452 e. The number of rotatable bonds is 8. The van der Waals surface area contributed by atoms with E-state index in [-0.39, 0.29) is 5.75 Å². The minimum atomic E-state index is -0.926. The summed E-state index contributed by atoms with van der Waals surface area (Å²) < 4.78 is 10.0. The average Bonchev–Trinajstić information content (AvgIpc) is 3.31. The SMILES string of the molecule is Cc1nc(CSCC(=O)OC(C)C(=O)Nc2nc(-c3ccccc3)cs2)no1. The van der Waals surface area contributed by atoms with Crippen LogP contribution in [0, 0.1) is 6.92 Å². The quantitative estimate of drug-likeness (QED) is 0.555. The van der Waals surface area contributed by atoms with Crippen molar-refractivity contribution >= 4 is 40.1 Å². The van der Waals surface area contributed by atoms with Crippen LogP contribution in [-0.4, -0.2) is 38.9 Å². The number of benzene rings is 1. The maximum absolute atomic E-state index is 12.2. The zero-order valence-corrected chi connectivity index (χ0v) is 16.9. The van der Waals surface area contributed by atoms with Crippen LogP contribution in [0.3, 0.4) is 0 Å². The van der Waals surface area contributed by atoms with Crippen molar-refractivity contribution in [1.29, 1.82) is 0 Å². The number of carbonyl (C=O) groups is 2. The Morgan fingerprint density at radius 2 is 2.07 bits per heavy atom. The van der Waals surface area contributed by atoms with Crippen LogP contribution in [0.5, 0.6) is 0 Å². The Labute approximate surface area is 169 Å². The van der Waals surface area contributed by atoms with Crippen LogP contribution in [0.15, 0.2) is 40.2 Å². The fourth-order valence-electron chi connectivity index (χ4n) is 2.19. The standard InChI is InChI=1S/C18H18N4O4S2/c1-11(25-16(23)10-27-9-15-19-12(2)26-22-15)17(24)21-18-20-14(8-28-18)13-6-4-3-5-7-13/h3-8,11H,9-10H2,1-2H3,(H,20,21,24). The van der Waals surface area contributed by atoms with E-state index in [9.17, 15) is 9.59 Å². The first kappa shape index (κ1) is 20.0. The summed E-state index contributed by atoms with van der Waals surface area (Å²) in [5.41, 5.74) is 1.74. The Kier molecular flexibility index (Phi) is 6.77. The Morgan fingerprint density at radius 3 is 2.79 bits per heavy atom. The van der Waals surface area contributed by atoms with Gasteiger partial charge in [-0.05, 0) is 6.92 Å². The van der Waals surface area contributed by atoms with Crippen LogP contribution in [-0.2, 0) is 20.1 Å². The average molecular weight is 419 g/mol. The molecule has 3 aromatic rings. The molecule has 0 saturated carbocycles. The number of ether oxygens (including phenoxy) is 1. The van der Waals surface area contributed by atoms with Gasteiger partial charge in [0.2, 0.25) is 5.89 Å². The van der Waals surface area contributed by atoms with E-state index >= 15 is 0 Å². The Bertz CT molecular complexity index is 942. The molecular formula is C18H18N4O4S2. The van der Waals surface area contributed by atoms with Gasteiger partial charge >= 0.3 is 5.97 Å². The summed E-state index contributed by atoms with van der Waals surface area (Å²) >= 11 is 2.60. The molecule has 1 unspecified atom stereocenters. The van der Waals surface area contributed by atoms with Gasteiger partial charge in [0.25, 0.3) is 5.91 Å². The number of esters is 1. The Morgan fingerprint density at radius 1 is 1.29 bits per heavy atom. The zero-order valence-electron chi connectivity index (χ0n) is 15.2. The van der Waals surface area contributed by atoms with Gasteiger partial charge in [-0.1, -0.05) is 35.5 Å². The van der Waals surface area contributed by atoms with Crippen molar-refractivity contribution in [3.63, 3.8) is 0 Å². The molecule has 8 nitrogen and oxygen atoms in total. The van der Waals surface area contributed by atoms with Crippen molar-refractivity contribution in [3.8, 4) is 11.3 Å². The number of nitrogens with one attached hydrogen (secondary N) is 1. The molecular weight excluding hydrogens is 400 g/mol. The highest BCUT2D eigenvalue weighted by Crippen LogP contribution is 2.24. The highest BCUT2D eigenvalue weighted by molar-refractivity contribution is 7.99. The largest absolute Gasteiger partial charge is 0.452 e. The van der Waals surface area contributed by atoms with Crippen molar-refractivity contribution in [2.24, 2.45) is 0 Å². The zero-order chi connectivity index (χ0) is 19.9. The molecule has 1 N–H and O–H groups in total. The number of hydrogen-bond acceptors (Lipinski definition) is 9. The number of anilines is 1. The topological polar surface area (TPSA) is 107 Å². The maximum atomic E-state index is 12.2. The molecule has 10 heteroatoms. The predicted molar refractivity (Wildman–Crippen MR) is 107 cm³/mol. The third-order valence-corrected chi connectivity index (χ3v) is 5.16. The lowest BCUT2D eigenvalue weighted by molar-refractivity contribution is -0.150. The monoisotopic (exact) mass is 418 g/mol. The molecule has 0 fully saturated rings. The van der Waals surface area contributed by atoms with E-state index in [1.165, 1.54) is 30.0 Å². The summed E-state index contributed by atoms with van der Waals surface area (Å²) in [6.07, 6.45) is -0.926. The molecule has 146 valence electrons. The lowest BCUT2D eigenvalue weighted by Gasteiger charge is -2.12. The van der Waals surface area contributed by atoms with E-state index in [1.807, 2.05) is 35.7 Å². The number of nitrogens with zero attached hydrogens (tertiary/aromatic N) is 3. The van der Waals surface area contributed by atoms with E-state index in [0.717, 1.165) is 11.3 Å². The van der Waals surface area contributed by atoms with Gasteiger partial charge in [0.15, 0.2) is 17.1 Å². The lowest BCUT2D eigenvalue weighted by atomic mass is 10.2. The predicted octanol–water partition coefficient (Wildman–Crippen LogP) is 3.31. The number of amides is 1. The molecule has 0 aliphatic rings. The van der Waals surface area contributed by atoms with Gasteiger partial charge in [-0.3, -0.25) is 14.9 Å². The van der Waals surface area contributed by atoms with E-state index in [4.69, 9.17) is 9.26 Å². The van der Waals surface area contributed by atoms with Crippen LogP contribution in [0.2, 0.25) is 0 Å². The third kappa shape index (κ3) is 5.64. The summed E-state index contributed by atoms with van der Waals surface area (Å²) in [6, 6.07) is 9.66. The Hall–Kier alpha value is -2.72. The Balaban J connectivity index is 1.44. The number of carbonyl (C=O) groups excluding carboxylic acids is 2. The second-order valence-corrected chi connectivity index (χ2v) is 7.59. The number of thiazole rings is 1. The highest BCUT2D eigenvalue weighted by atomic mass is 32.2. The van der Waals surface area contributed by atoms with E-state index in [2.05, 4.69) is 20.4 Å². The number of aryl methyl sites for hydroxylation is 1. The first-order chi connectivity index (χ1) is 13.5. The van der Waals surface area contributed by atoms with Crippen LogP contribution in [0.4, 0.5) is 5.13 Å². The van der Waals surface area contributed by atoms with Crippen molar-refractivity contribution in [2.45, 2.75) is 25.7 Å². The van der Waals surface area contributed by atoms with E-state index < -0.39 is 18.0 Å². The molecule has 2 heterocycles. The number of hydrogen-bond donors (Lipinski definition) is 1. The van der Waals surface area contributed by atoms with Crippen LogP contribution in [0.25, 0.3) is 11.3 Å². The second-order valence-electron chi connectivity index (χ2n) is 5.75. The first-order valence-corrected chi connectivity index (χ1v) is 10.4. The molecule has 0 spiro atoms. The fourth-order valence-corrected chi connectivity index (χ4v) is 3.55. The molecule has 0 bridgehead atoms. The van der Waals surface area contributed by atoms with Crippen LogP contribution in [0.1, 0.15) is 18.6 Å². The number of aromatic nitrogens is 3. The molecule has 2 aromatic heterocycles. The summed E-state index contributed by atoms with van der Waals surface area (Å²) in [7, 11) is 0. The molecule has 0 radical (unpaired) electrons. The molecule has 0 aliphatic carbocycles. The minimum absolute atomic E-state index is 0.0839. The first-order valence-electron chi connectivity index (χ1n) is 8.39. The molecule has 1 atom stereocenters. The summed E-state index contributed by atoms with van der Waals surface area (Å²) in [5.74, 6) is 0.577. The molecule has 1 aromatic carbocycles. The van der Waals surface area contributed by atoms with Gasteiger partial charge in [0, 0.05) is 17.9 Å². The second kappa shape index (κ2) is 9.47. The lowest BCUT2D eigenvalue weighted by Crippen LogP contribution is -2.30.